The van der Waals surface area contributed by atoms with Crippen molar-refractivity contribution in [1.29, 1.82) is 0 Å². The molecule has 0 aliphatic heterocycles. The van der Waals surface area contributed by atoms with Crippen LogP contribution in [0.15, 0.2) is 43.0 Å². The minimum Gasteiger partial charge on any atom is -0.479 e. The van der Waals surface area contributed by atoms with E-state index in [-0.39, 0.29) is 0 Å². The summed E-state index contributed by atoms with van der Waals surface area (Å²) in [4.78, 5) is 21.9. The molecule has 4 heteroatoms. The maximum atomic E-state index is 11.0. The van der Waals surface area contributed by atoms with Crippen LogP contribution in [0.1, 0.15) is 11.6 Å². The van der Waals surface area contributed by atoms with Gasteiger partial charge in [-0.05, 0) is 11.6 Å². The van der Waals surface area contributed by atoms with Crippen molar-refractivity contribution in [3.8, 4) is 0 Å². The number of amides is 1. The predicted molar refractivity (Wildman–Crippen MR) is 55.2 cm³/mol. The summed E-state index contributed by atoms with van der Waals surface area (Å²) in [7, 11) is 0. The van der Waals surface area contributed by atoms with Gasteiger partial charge in [-0.25, -0.2) is 4.79 Å². The second-order valence-corrected chi connectivity index (χ2v) is 2.89. The summed E-state index contributed by atoms with van der Waals surface area (Å²) in [5, 5.41) is 11.2. The molecule has 0 aromatic heterocycles. The van der Waals surface area contributed by atoms with Crippen molar-refractivity contribution in [1.82, 2.24) is 5.32 Å². The molecule has 1 atom stereocenters. The molecular formula is C11H11NO3. The third-order valence-electron chi connectivity index (χ3n) is 1.85. The Morgan fingerprint density at radius 1 is 1.33 bits per heavy atom. The van der Waals surface area contributed by atoms with Gasteiger partial charge in [-0.3, -0.25) is 4.79 Å². The molecule has 2 N–H and O–H groups in total. The molecule has 1 rings (SSSR count). The Bertz CT molecular complexity index is 373. The third-order valence-corrected chi connectivity index (χ3v) is 1.85. The minimum absolute atomic E-state index is 0.508. The van der Waals surface area contributed by atoms with Crippen LogP contribution >= 0.6 is 0 Å². The fraction of sp³-hybridized carbons (Fsp3) is 0.0909. The van der Waals surface area contributed by atoms with E-state index in [1.54, 1.807) is 30.3 Å². The Hall–Kier alpha value is -2.10. The molecule has 0 bridgehead atoms. The van der Waals surface area contributed by atoms with Crippen molar-refractivity contribution >= 4 is 11.9 Å². The molecular weight excluding hydrogens is 194 g/mol. The summed E-state index contributed by atoms with van der Waals surface area (Å²) in [6.45, 7) is 3.26. The predicted octanol–water partition coefficient (Wildman–Crippen LogP) is 1.11. The van der Waals surface area contributed by atoms with Crippen molar-refractivity contribution < 1.29 is 14.7 Å². The molecule has 0 spiro atoms. The Morgan fingerprint density at radius 2 is 1.93 bits per heavy atom. The van der Waals surface area contributed by atoms with Gasteiger partial charge in [0.05, 0.1) is 0 Å². The average molecular weight is 205 g/mol. The molecule has 0 heterocycles. The SMILES string of the molecule is C=CC(=O)N[C@@H](C(=O)O)c1ccccc1. The number of carboxylic acids is 1. The highest BCUT2D eigenvalue weighted by molar-refractivity contribution is 5.91. The monoisotopic (exact) mass is 205 g/mol. The van der Waals surface area contributed by atoms with E-state index in [9.17, 15) is 9.59 Å². The number of rotatable bonds is 4. The summed E-state index contributed by atoms with van der Waals surface area (Å²) in [5.74, 6) is -1.61. The Labute approximate surface area is 87.2 Å². The smallest absolute Gasteiger partial charge is 0.330 e. The van der Waals surface area contributed by atoms with Crippen LogP contribution in [0, 0.1) is 0 Å². The van der Waals surface area contributed by atoms with E-state index >= 15 is 0 Å². The molecule has 1 aromatic rings. The second kappa shape index (κ2) is 4.95. The minimum atomic E-state index is -1.10. The number of nitrogens with one attached hydrogen (secondary N) is 1. The zero-order valence-electron chi connectivity index (χ0n) is 8.01. The van der Waals surface area contributed by atoms with E-state index in [2.05, 4.69) is 11.9 Å². The lowest BCUT2D eigenvalue weighted by Gasteiger charge is -2.13. The normalized spacial score (nSPS) is 11.5. The van der Waals surface area contributed by atoms with Crippen LogP contribution < -0.4 is 5.32 Å². The van der Waals surface area contributed by atoms with E-state index in [1.807, 2.05) is 0 Å². The molecule has 0 saturated carbocycles. The van der Waals surface area contributed by atoms with Crippen molar-refractivity contribution in [2.45, 2.75) is 6.04 Å². The van der Waals surface area contributed by atoms with Gasteiger partial charge in [0.1, 0.15) is 0 Å². The van der Waals surface area contributed by atoms with Gasteiger partial charge in [0.15, 0.2) is 6.04 Å². The van der Waals surface area contributed by atoms with E-state index in [0.29, 0.717) is 5.56 Å². The highest BCUT2D eigenvalue weighted by Gasteiger charge is 2.20. The summed E-state index contributed by atoms with van der Waals surface area (Å²) >= 11 is 0. The fourth-order valence-electron chi connectivity index (χ4n) is 1.13. The number of carbonyl (C=O) groups is 2. The number of aliphatic carboxylic acids is 1. The van der Waals surface area contributed by atoms with Gasteiger partial charge in [-0.1, -0.05) is 36.9 Å². The molecule has 0 saturated heterocycles. The molecule has 0 fully saturated rings. The highest BCUT2D eigenvalue weighted by atomic mass is 16.4. The summed E-state index contributed by atoms with van der Waals surface area (Å²) in [6.07, 6.45) is 1.04. The lowest BCUT2D eigenvalue weighted by Crippen LogP contribution is -2.32. The van der Waals surface area contributed by atoms with Crippen LogP contribution in [0.5, 0.6) is 0 Å². The molecule has 1 aromatic carbocycles. The number of hydrogen-bond donors (Lipinski definition) is 2. The summed E-state index contributed by atoms with van der Waals surface area (Å²) in [6, 6.07) is 7.45. The Balaban J connectivity index is 2.89. The van der Waals surface area contributed by atoms with Gasteiger partial charge in [0.25, 0.3) is 0 Å². The van der Waals surface area contributed by atoms with E-state index in [0.717, 1.165) is 6.08 Å². The molecule has 15 heavy (non-hydrogen) atoms. The van der Waals surface area contributed by atoms with Crippen LogP contribution in [-0.2, 0) is 9.59 Å². The molecule has 0 unspecified atom stereocenters. The van der Waals surface area contributed by atoms with Crippen LogP contribution in [0.3, 0.4) is 0 Å². The van der Waals surface area contributed by atoms with Crippen LogP contribution in [0.4, 0.5) is 0 Å². The van der Waals surface area contributed by atoms with Gasteiger partial charge in [-0.2, -0.15) is 0 Å². The van der Waals surface area contributed by atoms with Gasteiger partial charge in [0, 0.05) is 0 Å². The maximum Gasteiger partial charge on any atom is 0.330 e. The zero-order valence-corrected chi connectivity index (χ0v) is 8.01. The summed E-state index contributed by atoms with van der Waals surface area (Å²) in [5.41, 5.74) is 0.528. The standard InChI is InChI=1S/C11H11NO3/c1-2-9(13)12-10(11(14)15)8-6-4-3-5-7-8/h2-7,10H,1H2,(H,12,13)(H,14,15)/t10-/m1/s1. The quantitative estimate of drug-likeness (QED) is 0.724. The van der Waals surface area contributed by atoms with Crippen LogP contribution in [-0.4, -0.2) is 17.0 Å². The average Bonchev–Trinajstić information content (AvgIpc) is 2.26. The molecule has 78 valence electrons. The summed E-state index contributed by atoms with van der Waals surface area (Å²) < 4.78 is 0. The lowest BCUT2D eigenvalue weighted by molar-refractivity contribution is -0.141. The number of carboxylic acid groups (broad SMARTS) is 1. The van der Waals surface area contributed by atoms with Gasteiger partial charge < -0.3 is 10.4 Å². The molecule has 0 aliphatic carbocycles. The largest absolute Gasteiger partial charge is 0.479 e. The maximum absolute atomic E-state index is 11.0. The Morgan fingerprint density at radius 3 is 2.40 bits per heavy atom. The van der Waals surface area contributed by atoms with Gasteiger partial charge >= 0.3 is 5.97 Å². The fourth-order valence-corrected chi connectivity index (χ4v) is 1.13. The van der Waals surface area contributed by atoms with E-state index < -0.39 is 17.9 Å². The van der Waals surface area contributed by atoms with Crippen LogP contribution in [0.25, 0.3) is 0 Å². The van der Waals surface area contributed by atoms with Crippen molar-refractivity contribution in [2.75, 3.05) is 0 Å². The third kappa shape index (κ3) is 2.95. The molecule has 4 nitrogen and oxygen atoms in total. The second-order valence-electron chi connectivity index (χ2n) is 2.89. The Kier molecular flexibility index (Phi) is 3.62. The number of carbonyl (C=O) groups excluding carboxylic acids is 1. The number of benzene rings is 1. The molecule has 1 amide bonds. The first-order valence-electron chi connectivity index (χ1n) is 4.36. The molecule has 0 aliphatic rings. The first-order chi connectivity index (χ1) is 7.15. The number of hydrogen-bond acceptors (Lipinski definition) is 2. The zero-order chi connectivity index (χ0) is 11.3. The van der Waals surface area contributed by atoms with Gasteiger partial charge in [0.2, 0.25) is 5.91 Å². The van der Waals surface area contributed by atoms with Crippen molar-refractivity contribution in [3.63, 3.8) is 0 Å². The topological polar surface area (TPSA) is 66.4 Å². The van der Waals surface area contributed by atoms with Crippen molar-refractivity contribution in [3.05, 3.63) is 48.6 Å². The van der Waals surface area contributed by atoms with Crippen molar-refractivity contribution in [2.24, 2.45) is 0 Å². The van der Waals surface area contributed by atoms with E-state index in [4.69, 9.17) is 5.11 Å². The van der Waals surface area contributed by atoms with E-state index in [1.165, 1.54) is 0 Å². The van der Waals surface area contributed by atoms with Gasteiger partial charge in [-0.15, -0.1) is 0 Å². The first-order valence-corrected chi connectivity index (χ1v) is 4.36. The van der Waals surface area contributed by atoms with Crippen LogP contribution in [0.2, 0.25) is 0 Å². The first kappa shape index (κ1) is 11.0. The highest BCUT2D eigenvalue weighted by Crippen LogP contribution is 2.12. The molecule has 0 radical (unpaired) electrons. The lowest BCUT2D eigenvalue weighted by atomic mass is 10.1.